The second-order valence-corrected chi connectivity index (χ2v) is 10.0. The van der Waals surface area contributed by atoms with Crippen LogP contribution in [0, 0.1) is 0 Å². The van der Waals surface area contributed by atoms with Gasteiger partial charge in [0.15, 0.2) is 5.82 Å². The number of para-hydroxylation sites is 1. The van der Waals surface area contributed by atoms with E-state index in [-0.39, 0.29) is 43.0 Å². The molecular weight excluding hydrogens is 575 g/mol. The van der Waals surface area contributed by atoms with E-state index in [0.717, 1.165) is 70.0 Å². The number of nitrogen functional groups attached to an aromatic ring is 1. The van der Waals surface area contributed by atoms with Gasteiger partial charge in [0.2, 0.25) is 5.88 Å². The molecule has 5 heterocycles. The van der Waals surface area contributed by atoms with Crippen LogP contribution in [-0.4, -0.2) is 89.7 Å². The first-order valence-electron chi connectivity index (χ1n) is 13.1. The molecule has 0 aliphatic carbocycles. The van der Waals surface area contributed by atoms with Gasteiger partial charge >= 0.3 is 0 Å². The summed E-state index contributed by atoms with van der Waals surface area (Å²) in [6.07, 6.45) is 4.09. The molecule has 3 saturated heterocycles. The molecule has 218 valence electrons. The molecule has 1 aromatic carbocycles. The average Bonchev–Trinajstić information content (AvgIpc) is 3.19. The maximum atomic E-state index is 10.3. The lowest BCUT2D eigenvalue weighted by Gasteiger charge is -2.43. The van der Waals surface area contributed by atoms with Gasteiger partial charge in [0.05, 0.1) is 11.4 Å². The number of nitrogens with one attached hydrogen (secondary N) is 1. The highest BCUT2D eigenvalue weighted by molar-refractivity contribution is 5.86. The molecule has 2 bridgehead atoms. The van der Waals surface area contributed by atoms with Crippen molar-refractivity contribution in [2.24, 2.45) is 0 Å². The molecule has 2 aromatic heterocycles. The third-order valence-corrected chi connectivity index (χ3v) is 7.69. The highest BCUT2D eigenvalue weighted by Gasteiger charge is 2.41. The van der Waals surface area contributed by atoms with E-state index >= 15 is 0 Å². The number of halogens is 3. The number of anilines is 3. The summed E-state index contributed by atoms with van der Waals surface area (Å²) in [5, 5.41) is 22.1. The van der Waals surface area contributed by atoms with Crippen LogP contribution in [-0.2, 0) is 0 Å². The Balaban J connectivity index is 0.00000147. The van der Waals surface area contributed by atoms with E-state index in [9.17, 15) is 5.11 Å². The zero-order chi connectivity index (χ0) is 25.2. The summed E-state index contributed by atoms with van der Waals surface area (Å²) in [6.45, 7) is 7.46. The first kappa shape index (κ1) is 31.8. The molecule has 13 heteroatoms. The molecule has 4 N–H and O–H groups in total. The van der Waals surface area contributed by atoms with Crippen molar-refractivity contribution in [3.8, 4) is 22.9 Å². The Kier molecular flexibility index (Phi) is 11.3. The van der Waals surface area contributed by atoms with Crippen LogP contribution in [0.3, 0.4) is 0 Å². The van der Waals surface area contributed by atoms with Gasteiger partial charge < -0.3 is 30.7 Å². The SMILES string of the molecule is Cl.Cl.Cl.Nc1nnc(-c2ccccc2O)cc1N1CC2CCC(C1)N2c1ccnc(OCCN2CCNCC2)c1. The molecule has 0 radical (unpaired) electrons. The minimum Gasteiger partial charge on any atom is -0.507 e. The normalized spacial score (nSPS) is 20.2. The number of fused-ring (bicyclic) bond motifs is 2. The van der Waals surface area contributed by atoms with Gasteiger partial charge in [-0.3, -0.25) is 4.90 Å². The molecule has 3 fully saturated rings. The van der Waals surface area contributed by atoms with Crippen LogP contribution in [0.15, 0.2) is 48.7 Å². The van der Waals surface area contributed by atoms with Gasteiger partial charge in [-0.2, -0.15) is 0 Å². The fraction of sp³-hybridized carbons (Fsp3) is 0.444. The summed E-state index contributed by atoms with van der Waals surface area (Å²) in [4.78, 5) is 11.7. The Morgan fingerprint density at radius 1 is 0.975 bits per heavy atom. The number of pyridine rings is 1. The van der Waals surface area contributed by atoms with E-state index in [1.807, 2.05) is 24.4 Å². The lowest BCUT2D eigenvalue weighted by atomic mass is 10.1. The molecule has 0 amide bonds. The van der Waals surface area contributed by atoms with Crippen LogP contribution in [0.2, 0.25) is 0 Å². The van der Waals surface area contributed by atoms with Gasteiger partial charge in [0.25, 0.3) is 0 Å². The largest absolute Gasteiger partial charge is 0.507 e. The lowest BCUT2D eigenvalue weighted by molar-refractivity contribution is 0.188. The van der Waals surface area contributed by atoms with E-state index in [1.54, 1.807) is 12.1 Å². The van der Waals surface area contributed by atoms with Crippen LogP contribution in [0.5, 0.6) is 11.6 Å². The van der Waals surface area contributed by atoms with Gasteiger partial charge in [-0.1, -0.05) is 12.1 Å². The Labute approximate surface area is 253 Å². The van der Waals surface area contributed by atoms with E-state index in [4.69, 9.17) is 10.5 Å². The number of aromatic nitrogens is 3. The van der Waals surface area contributed by atoms with Crippen molar-refractivity contribution in [2.75, 3.05) is 68.0 Å². The van der Waals surface area contributed by atoms with Crippen LogP contribution >= 0.6 is 37.2 Å². The molecule has 3 aliphatic rings. The van der Waals surface area contributed by atoms with Crippen molar-refractivity contribution >= 4 is 54.4 Å². The van der Waals surface area contributed by atoms with E-state index in [2.05, 4.69) is 47.3 Å². The van der Waals surface area contributed by atoms with E-state index in [1.165, 1.54) is 0 Å². The zero-order valence-corrected chi connectivity index (χ0v) is 24.6. The van der Waals surface area contributed by atoms with Crippen molar-refractivity contribution in [1.29, 1.82) is 0 Å². The maximum absolute atomic E-state index is 10.3. The van der Waals surface area contributed by atoms with Crippen molar-refractivity contribution in [1.82, 2.24) is 25.4 Å². The number of nitrogens with zero attached hydrogens (tertiary/aromatic N) is 6. The van der Waals surface area contributed by atoms with Crippen LogP contribution in [0.4, 0.5) is 17.2 Å². The molecule has 3 aromatic rings. The molecule has 6 rings (SSSR count). The maximum Gasteiger partial charge on any atom is 0.215 e. The summed E-state index contributed by atoms with van der Waals surface area (Å²) < 4.78 is 6.04. The summed E-state index contributed by atoms with van der Waals surface area (Å²) in [7, 11) is 0. The Morgan fingerprint density at radius 2 is 1.70 bits per heavy atom. The number of aromatic hydroxyl groups is 1. The standard InChI is InChI=1S/C27H34N8O2.3ClH/c28-27-24(16-23(31-32-27)22-3-1-2-4-25(22)36)34-17-20-5-6-21(18-34)35(20)19-7-8-30-26(15-19)37-14-13-33-11-9-29-10-12-33;;;/h1-4,7-8,15-16,20-21,29,36H,5-6,9-14,17-18H2,(H2,28,32);3*1H. The molecule has 0 spiro atoms. The zero-order valence-electron chi connectivity index (χ0n) is 22.2. The number of rotatable bonds is 7. The molecule has 2 atom stereocenters. The summed E-state index contributed by atoms with van der Waals surface area (Å²) in [5.74, 6) is 1.28. The second kappa shape index (κ2) is 14.2. The monoisotopic (exact) mass is 610 g/mol. The van der Waals surface area contributed by atoms with Crippen LogP contribution < -0.4 is 25.6 Å². The van der Waals surface area contributed by atoms with Gasteiger partial charge in [-0.05, 0) is 37.1 Å². The van der Waals surface area contributed by atoms with Gasteiger partial charge in [-0.25, -0.2) is 4.98 Å². The predicted octanol–water partition coefficient (Wildman–Crippen LogP) is 3.23. The van der Waals surface area contributed by atoms with Crippen molar-refractivity contribution in [3.05, 3.63) is 48.7 Å². The lowest BCUT2D eigenvalue weighted by Crippen LogP contribution is -2.54. The van der Waals surface area contributed by atoms with E-state index < -0.39 is 0 Å². The summed E-state index contributed by atoms with van der Waals surface area (Å²) >= 11 is 0. The van der Waals surface area contributed by atoms with E-state index in [0.29, 0.717) is 41.6 Å². The van der Waals surface area contributed by atoms with Gasteiger partial charge in [-0.15, -0.1) is 47.4 Å². The Bertz CT molecular complexity index is 1240. The number of hydrogen-bond acceptors (Lipinski definition) is 10. The molecule has 0 saturated carbocycles. The average molecular weight is 612 g/mol. The van der Waals surface area contributed by atoms with Crippen LogP contribution in [0.25, 0.3) is 11.3 Å². The summed E-state index contributed by atoms with van der Waals surface area (Å²) in [6, 6.07) is 14.0. The molecular formula is C27H37Cl3N8O2. The highest BCUT2D eigenvalue weighted by Crippen LogP contribution is 2.39. The number of piperazine rings is 2. The smallest absolute Gasteiger partial charge is 0.215 e. The minimum atomic E-state index is 0. The Morgan fingerprint density at radius 3 is 2.42 bits per heavy atom. The number of phenols is 1. The predicted molar refractivity (Wildman–Crippen MR) is 166 cm³/mol. The molecule has 10 nitrogen and oxygen atoms in total. The summed E-state index contributed by atoms with van der Waals surface area (Å²) in [5.41, 5.74) is 9.60. The first-order chi connectivity index (χ1) is 18.2. The van der Waals surface area contributed by atoms with Gasteiger partial charge in [0.1, 0.15) is 12.4 Å². The molecule has 2 unspecified atom stereocenters. The Hall–Kier alpha value is -2.76. The van der Waals surface area contributed by atoms with Gasteiger partial charge in [0, 0.05) is 81.4 Å². The number of nitrogens with two attached hydrogens (primary N) is 1. The third-order valence-electron chi connectivity index (χ3n) is 7.69. The topological polar surface area (TPSA) is 116 Å². The molecule has 3 aliphatic heterocycles. The van der Waals surface area contributed by atoms with Crippen molar-refractivity contribution in [3.63, 3.8) is 0 Å². The quantitative estimate of drug-likeness (QED) is 0.368. The van der Waals surface area contributed by atoms with Crippen LogP contribution in [0.1, 0.15) is 12.8 Å². The van der Waals surface area contributed by atoms with Crippen molar-refractivity contribution < 1.29 is 9.84 Å². The third kappa shape index (κ3) is 6.75. The number of hydrogen-bond donors (Lipinski definition) is 3. The highest BCUT2D eigenvalue weighted by atomic mass is 35.5. The minimum absolute atomic E-state index is 0. The number of ether oxygens (including phenoxy) is 1. The fourth-order valence-corrected chi connectivity index (χ4v) is 5.84. The fourth-order valence-electron chi connectivity index (χ4n) is 5.84. The molecule has 40 heavy (non-hydrogen) atoms. The number of benzene rings is 1. The second-order valence-electron chi connectivity index (χ2n) is 10.0. The first-order valence-corrected chi connectivity index (χ1v) is 13.1. The number of phenolic OH excluding ortho intramolecular Hbond substituents is 1. The van der Waals surface area contributed by atoms with Crippen molar-refractivity contribution in [2.45, 2.75) is 24.9 Å².